The molecule has 7 heteroatoms. The van der Waals surface area contributed by atoms with E-state index in [2.05, 4.69) is 0 Å². The van der Waals surface area contributed by atoms with Gasteiger partial charge in [0, 0.05) is 17.7 Å². The molecule has 126 valence electrons. The molecule has 2 aromatic carbocycles. The maximum atomic E-state index is 12.7. The Labute approximate surface area is 141 Å². The Kier molecular flexibility index (Phi) is 2.85. The summed E-state index contributed by atoms with van der Waals surface area (Å²) in [5.41, 5.74) is 0.847. The third-order valence-corrected chi connectivity index (χ3v) is 4.18. The highest BCUT2D eigenvalue weighted by atomic mass is 16.7. The van der Waals surface area contributed by atoms with Crippen molar-refractivity contribution in [2.45, 2.75) is 0 Å². The zero-order chi connectivity index (χ0) is 17.0. The predicted molar refractivity (Wildman–Crippen MR) is 86.7 cm³/mol. The summed E-state index contributed by atoms with van der Waals surface area (Å²) in [6.07, 6.45) is 0. The van der Waals surface area contributed by atoms with Crippen molar-refractivity contribution in [2.75, 3.05) is 20.7 Å². The molecule has 2 aliphatic heterocycles. The van der Waals surface area contributed by atoms with Crippen LogP contribution >= 0.6 is 0 Å². The first-order valence-corrected chi connectivity index (χ1v) is 7.59. The molecular formula is C18H12O7. The van der Waals surface area contributed by atoms with Crippen molar-refractivity contribution in [1.29, 1.82) is 0 Å². The first-order valence-electron chi connectivity index (χ1n) is 7.59. The Balaban J connectivity index is 1.74. The molecule has 3 heterocycles. The molecule has 0 bridgehead atoms. The molecular weight excluding hydrogens is 328 g/mol. The van der Waals surface area contributed by atoms with Crippen LogP contribution in [0.1, 0.15) is 0 Å². The Morgan fingerprint density at radius 2 is 1.72 bits per heavy atom. The average molecular weight is 340 g/mol. The summed E-state index contributed by atoms with van der Waals surface area (Å²) in [7, 11) is 1.52. The van der Waals surface area contributed by atoms with Crippen LogP contribution < -0.4 is 29.1 Å². The number of benzene rings is 2. The van der Waals surface area contributed by atoms with Crippen molar-refractivity contribution in [3.05, 3.63) is 40.6 Å². The number of fused-ring (bicyclic) bond motifs is 4. The van der Waals surface area contributed by atoms with Gasteiger partial charge in [-0.05, 0) is 18.2 Å². The molecule has 1 aromatic heterocycles. The lowest BCUT2D eigenvalue weighted by Gasteiger charge is -2.09. The molecule has 2 aliphatic rings. The average Bonchev–Trinajstić information content (AvgIpc) is 3.28. The fourth-order valence-electron chi connectivity index (χ4n) is 3.01. The lowest BCUT2D eigenvalue weighted by molar-refractivity contribution is 0.172. The standard InChI is InChI=1S/C18H12O7/c1-20-15-6-14-16(18-17(15)23-8-24-18)10(19)5-12(25-14)9-2-3-11-13(4-9)22-7-21-11/h2-6H,7-8H2,1H3. The second-order valence-electron chi connectivity index (χ2n) is 5.56. The van der Waals surface area contributed by atoms with Crippen LogP contribution in [0.3, 0.4) is 0 Å². The number of hydrogen-bond donors (Lipinski definition) is 0. The molecule has 0 aliphatic carbocycles. The smallest absolute Gasteiger partial charge is 0.231 e. The summed E-state index contributed by atoms with van der Waals surface area (Å²) in [5, 5.41) is 0.331. The van der Waals surface area contributed by atoms with Gasteiger partial charge in [0.25, 0.3) is 0 Å². The van der Waals surface area contributed by atoms with Gasteiger partial charge in [-0.25, -0.2) is 0 Å². The molecule has 0 atom stereocenters. The largest absolute Gasteiger partial charge is 0.493 e. The van der Waals surface area contributed by atoms with Gasteiger partial charge in [0.05, 0.1) is 7.11 Å². The molecule has 0 radical (unpaired) electrons. The molecule has 0 amide bonds. The molecule has 5 rings (SSSR count). The quantitative estimate of drug-likeness (QED) is 0.710. The van der Waals surface area contributed by atoms with Gasteiger partial charge in [-0.15, -0.1) is 0 Å². The summed E-state index contributed by atoms with van der Waals surface area (Å²) in [6, 6.07) is 8.41. The monoisotopic (exact) mass is 340 g/mol. The van der Waals surface area contributed by atoms with Gasteiger partial charge in [0.1, 0.15) is 16.7 Å². The molecule has 0 saturated carbocycles. The molecule has 0 spiro atoms. The third-order valence-electron chi connectivity index (χ3n) is 4.18. The molecule has 0 saturated heterocycles. The molecule has 0 fully saturated rings. The topological polar surface area (TPSA) is 76.4 Å². The number of rotatable bonds is 2. The summed E-state index contributed by atoms with van der Waals surface area (Å²) < 4.78 is 32.8. The van der Waals surface area contributed by atoms with Gasteiger partial charge in [-0.2, -0.15) is 0 Å². The van der Waals surface area contributed by atoms with E-state index in [1.165, 1.54) is 13.2 Å². The number of hydrogen-bond acceptors (Lipinski definition) is 7. The van der Waals surface area contributed by atoms with Crippen molar-refractivity contribution in [1.82, 2.24) is 0 Å². The van der Waals surface area contributed by atoms with Crippen molar-refractivity contribution in [3.8, 4) is 40.1 Å². The minimum Gasteiger partial charge on any atom is -0.493 e. The van der Waals surface area contributed by atoms with Gasteiger partial charge in [-0.3, -0.25) is 4.79 Å². The van der Waals surface area contributed by atoms with E-state index in [1.54, 1.807) is 18.2 Å². The summed E-state index contributed by atoms with van der Waals surface area (Å²) >= 11 is 0. The van der Waals surface area contributed by atoms with Crippen LogP contribution in [0.15, 0.2) is 39.5 Å². The van der Waals surface area contributed by atoms with Crippen LogP contribution in [0.4, 0.5) is 0 Å². The minimum absolute atomic E-state index is 0.0359. The lowest BCUT2D eigenvalue weighted by Crippen LogP contribution is -2.02. The van der Waals surface area contributed by atoms with Gasteiger partial charge in [0.15, 0.2) is 28.4 Å². The second-order valence-corrected chi connectivity index (χ2v) is 5.56. The van der Waals surface area contributed by atoms with Crippen molar-refractivity contribution in [2.24, 2.45) is 0 Å². The predicted octanol–water partition coefficient (Wildman–Crippen LogP) is 2.93. The van der Waals surface area contributed by atoms with E-state index in [0.717, 1.165) is 0 Å². The number of methoxy groups -OCH3 is 1. The van der Waals surface area contributed by atoms with Crippen molar-refractivity contribution < 1.29 is 28.1 Å². The maximum absolute atomic E-state index is 12.7. The number of ether oxygens (including phenoxy) is 5. The van der Waals surface area contributed by atoms with Crippen molar-refractivity contribution in [3.63, 3.8) is 0 Å². The SMILES string of the molecule is COc1cc2oc(-c3ccc4c(c3)OCO4)cc(=O)c2c2c1OCO2. The zero-order valence-corrected chi connectivity index (χ0v) is 13.2. The van der Waals surface area contributed by atoms with Gasteiger partial charge in [-0.1, -0.05) is 0 Å². The highest BCUT2D eigenvalue weighted by molar-refractivity contribution is 5.90. The Bertz CT molecular complexity index is 1070. The minimum atomic E-state index is -0.224. The fourth-order valence-corrected chi connectivity index (χ4v) is 3.01. The van der Waals surface area contributed by atoms with Gasteiger partial charge >= 0.3 is 0 Å². The van der Waals surface area contributed by atoms with Gasteiger partial charge in [0.2, 0.25) is 19.3 Å². The van der Waals surface area contributed by atoms with Crippen LogP contribution in [-0.4, -0.2) is 20.7 Å². The van der Waals surface area contributed by atoms with Crippen LogP contribution in [-0.2, 0) is 0 Å². The van der Waals surface area contributed by atoms with Crippen LogP contribution in [0.5, 0.6) is 28.7 Å². The molecule has 0 unspecified atom stereocenters. The maximum Gasteiger partial charge on any atom is 0.231 e. The Hall–Kier alpha value is -3.35. The molecule has 25 heavy (non-hydrogen) atoms. The first kappa shape index (κ1) is 14.0. The Morgan fingerprint density at radius 3 is 2.60 bits per heavy atom. The molecule has 7 nitrogen and oxygen atoms in total. The van der Waals surface area contributed by atoms with Crippen LogP contribution in [0.25, 0.3) is 22.3 Å². The van der Waals surface area contributed by atoms with E-state index in [9.17, 15) is 4.79 Å². The van der Waals surface area contributed by atoms with E-state index in [-0.39, 0.29) is 19.0 Å². The van der Waals surface area contributed by atoms with E-state index < -0.39 is 0 Å². The highest BCUT2D eigenvalue weighted by Gasteiger charge is 2.26. The summed E-state index contributed by atoms with van der Waals surface area (Å²) in [5.74, 6) is 2.90. The van der Waals surface area contributed by atoms with E-state index in [1.807, 2.05) is 6.07 Å². The lowest BCUT2D eigenvalue weighted by atomic mass is 10.1. The van der Waals surface area contributed by atoms with Crippen LogP contribution in [0, 0.1) is 0 Å². The highest BCUT2D eigenvalue weighted by Crippen LogP contribution is 2.46. The molecule has 3 aromatic rings. The van der Waals surface area contributed by atoms with Gasteiger partial charge < -0.3 is 28.1 Å². The second kappa shape index (κ2) is 5.07. The molecule has 0 N–H and O–H groups in total. The summed E-state index contributed by atoms with van der Waals surface area (Å²) in [4.78, 5) is 12.7. The third kappa shape index (κ3) is 2.02. The van der Waals surface area contributed by atoms with E-state index >= 15 is 0 Å². The first-order chi connectivity index (χ1) is 12.2. The van der Waals surface area contributed by atoms with Crippen molar-refractivity contribution >= 4 is 11.0 Å². The van der Waals surface area contributed by atoms with E-state index in [4.69, 9.17) is 28.1 Å². The zero-order valence-electron chi connectivity index (χ0n) is 13.2. The normalized spacial score (nSPS) is 14.1. The van der Waals surface area contributed by atoms with Crippen LogP contribution in [0.2, 0.25) is 0 Å². The summed E-state index contributed by atoms with van der Waals surface area (Å²) in [6.45, 7) is 0.218. The fraction of sp³-hybridized carbons (Fsp3) is 0.167. The van der Waals surface area contributed by atoms with E-state index in [0.29, 0.717) is 51.0 Å². The Morgan fingerprint density at radius 1 is 0.920 bits per heavy atom.